The Morgan fingerprint density at radius 2 is 2.36 bits per heavy atom. The van der Waals surface area contributed by atoms with Gasteiger partial charge in [-0.3, -0.25) is 0 Å². The zero-order chi connectivity index (χ0) is 9.97. The molecular formula is C10H13BrN2S. The molecule has 1 saturated carbocycles. The fourth-order valence-electron chi connectivity index (χ4n) is 1.57. The lowest BCUT2D eigenvalue weighted by Gasteiger charge is -2.36. The van der Waals surface area contributed by atoms with Crippen LogP contribution in [-0.2, 0) is 0 Å². The van der Waals surface area contributed by atoms with E-state index >= 15 is 0 Å². The number of nitrogens with zero attached hydrogens (tertiary/aromatic N) is 1. The minimum Gasteiger partial charge on any atom is -0.366 e. The SMILES string of the molecule is CSC1CCC1Nc1ccc(Br)cn1. The van der Waals surface area contributed by atoms with E-state index in [-0.39, 0.29) is 0 Å². The molecule has 0 bridgehead atoms. The number of thioether (sulfide) groups is 1. The Labute approximate surface area is 97.0 Å². The normalized spacial score (nSPS) is 25.6. The second kappa shape index (κ2) is 4.53. The second-order valence-electron chi connectivity index (χ2n) is 3.46. The lowest BCUT2D eigenvalue weighted by Crippen LogP contribution is -2.40. The van der Waals surface area contributed by atoms with Crippen LogP contribution in [0.2, 0.25) is 0 Å². The van der Waals surface area contributed by atoms with Crippen molar-refractivity contribution in [2.45, 2.75) is 24.1 Å². The van der Waals surface area contributed by atoms with Crippen molar-refractivity contribution in [3.05, 3.63) is 22.8 Å². The maximum absolute atomic E-state index is 4.30. The van der Waals surface area contributed by atoms with Crippen LogP contribution in [0.1, 0.15) is 12.8 Å². The van der Waals surface area contributed by atoms with Gasteiger partial charge in [-0.1, -0.05) is 0 Å². The first-order chi connectivity index (χ1) is 6.79. The Kier molecular flexibility index (Phi) is 3.34. The average Bonchev–Trinajstić information content (AvgIpc) is 2.16. The summed E-state index contributed by atoms with van der Waals surface area (Å²) in [4.78, 5) is 4.30. The van der Waals surface area contributed by atoms with E-state index in [2.05, 4.69) is 32.5 Å². The predicted molar refractivity (Wildman–Crippen MR) is 65.9 cm³/mol. The van der Waals surface area contributed by atoms with Gasteiger partial charge in [-0.2, -0.15) is 11.8 Å². The highest BCUT2D eigenvalue weighted by atomic mass is 79.9. The number of aromatic nitrogens is 1. The standard InChI is InChI=1S/C10H13BrN2S/c1-14-9-4-3-8(9)13-10-5-2-7(11)6-12-10/h2,5-6,8-9H,3-4H2,1H3,(H,12,13). The molecule has 0 radical (unpaired) electrons. The summed E-state index contributed by atoms with van der Waals surface area (Å²) in [7, 11) is 0. The van der Waals surface area contributed by atoms with Crippen LogP contribution >= 0.6 is 27.7 Å². The highest BCUT2D eigenvalue weighted by molar-refractivity contribution is 9.10. The van der Waals surface area contributed by atoms with Gasteiger partial charge in [0.25, 0.3) is 0 Å². The molecule has 0 amide bonds. The van der Waals surface area contributed by atoms with Gasteiger partial charge < -0.3 is 5.32 Å². The molecule has 4 heteroatoms. The van der Waals surface area contributed by atoms with E-state index in [1.165, 1.54) is 12.8 Å². The average molecular weight is 273 g/mol. The van der Waals surface area contributed by atoms with Gasteiger partial charge in [0.1, 0.15) is 5.82 Å². The van der Waals surface area contributed by atoms with Gasteiger partial charge in [-0.15, -0.1) is 0 Å². The van der Waals surface area contributed by atoms with Crippen molar-refractivity contribution >= 4 is 33.5 Å². The lowest BCUT2D eigenvalue weighted by molar-refractivity contribution is 0.462. The molecule has 0 spiro atoms. The molecular weight excluding hydrogens is 260 g/mol. The molecule has 1 heterocycles. The van der Waals surface area contributed by atoms with E-state index in [4.69, 9.17) is 0 Å². The van der Waals surface area contributed by atoms with Crippen LogP contribution in [0.25, 0.3) is 0 Å². The summed E-state index contributed by atoms with van der Waals surface area (Å²) in [6.45, 7) is 0. The highest BCUT2D eigenvalue weighted by Gasteiger charge is 2.29. The molecule has 2 nitrogen and oxygen atoms in total. The van der Waals surface area contributed by atoms with Crippen LogP contribution in [0.15, 0.2) is 22.8 Å². The quantitative estimate of drug-likeness (QED) is 0.915. The van der Waals surface area contributed by atoms with Crippen LogP contribution < -0.4 is 5.32 Å². The Balaban J connectivity index is 1.94. The fraction of sp³-hybridized carbons (Fsp3) is 0.500. The summed E-state index contributed by atoms with van der Waals surface area (Å²) >= 11 is 5.32. The summed E-state index contributed by atoms with van der Waals surface area (Å²) in [5.74, 6) is 0.983. The number of nitrogens with one attached hydrogen (secondary N) is 1. The molecule has 1 aliphatic carbocycles. The van der Waals surface area contributed by atoms with Gasteiger partial charge in [0.15, 0.2) is 0 Å². The van der Waals surface area contributed by atoms with Crippen molar-refractivity contribution in [2.75, 3.05) is 11.6 Å². The maximum Gasteiger partial charge on any atom is 0.126 e. The Morgan fingerprint density at radius 3 is 2.86 bits per heavy atom. The smallest absolute Gasteiger partial charge is 0.126 e. The minimum atomic E-state index is 0.610. The monoisotopic (exact) mass is 272 g/mol. The van der Waals surface area contributed by atoms with Crippen LogP contribution in [0, 0.1) is 0 Å². The van der Waals surface area contributed by atoms with Crippen LogP contribution in [-0.4, -0.2) is 22.5 Å². The molecule has 1 aromatic heterocycles. The van der Waals surface area contributed by atoms with Crippen molar-refractivity contribution in [3.8, 4) is 0 Å². The largest absolute Gasteiger partial charge is 0.366 e. The molecule has 14 heavy (non-hydrogen) atoms. The lowest BCUT2D eigenvalue weighted by atomic mass is 9.92. The maximum atomic E-state index is 4.30. The molecule has 2 rings (SSSR count). The number of hydrogen-bond donors (Lipinski definition) is 1. The Bertz CT molecular complexity index is 299. The van der Waals surface area contributed by atoms with E-state index in [1.54, 1.807) is 0 Å². The minimum absolute atomic E-state index is 0.610. The van der Waals surface area contributed by atoms with E-state index in [0.717, 1.165) is 15.5 Å². The van der Waals surface area contributed by atoms with Crippen molar-refractivity contribution in [3.63, 3.8) is 0 Å². The molecule has 0 aliphatic heterocycles. The first-order valence-corrected chi connectivity index (χ1v) is 6.78. The summed E-state index contributed by atoms with van der Waals surface area (Å²) in [6.07, 6.45) is 6.60. The third-order valence-electron chi connectivity index (χ3n) is 2.57. The molecule has 1 N–H and O–H groups in total. The molecule has 0 saturated heterocycles. The van der Waals surface area contributed by atoms with E-state index in [1.807, 2.05) is 30.1 Å². The van der Waals surface area contributed by atoms with Crippen molar-refractivity contribution in [1.82, 2.24) is 4.98 Å². The zero-order valence-electron chi connectivity index (χ0n) is 8.03. The van der Waals surface area contributed by atoms with Gasteiger partial charge in [-0.05, 0) is 47.2 Å². The number of anilines is 1. The molecule has 2 unspecified atom stereocenters. The molecule has 2 atom stereocenters. The van der Waals surface area contributed by atoms with Gasteiger partial charge in [0.2, 0.25) is 0 Å². The Morgan fingerprint density at radius 1 is 1.50 bits per heavy atom. The zero-order valence-corrected chi connectivity index (χ0v) is 10.4. The van der Waals surface area contributed by atoms with Gasteiger partial charge in [0.05, 0.1) is 0 Å². The number of hydrogen-bond acceptors (Lipinski definition) is 3. The predicted octanol–water partition coefficient (Wildman–Crippen LogP) is 3.15. The topological polar surface area (TPSA) is 24.9 Å². The summed E-state index contributed by atoms with van der Waals surface area (Å²) in [5.41, 5.74) is 0. The van der Waals surface area contributed by atoms with E-state index < -0.39 is 0 Å². The van der Waals surface area contributed by atoms with Crippen LogP contribution in [0.5, 0.6) is 0 Å². The third kappa shape index (κ3) is 2.23. The van der Waals surface area contributed by atoms with Crippen LogP contribution in [0.4, 0.5) is 5.82 Å². The molecule has 1 aromatic rings. The summed E-state index contributed by atoms with van der Waals surface area (Å²) in [6, 6.07) is 4.64. The molecule has 0 aromatic carbocycles. The van der Waals surface area contributed by atoms with Crippen molar-refractivity contribution < 1.29 is 0 Å². The number of pyridine rings is 1. The summed E-state index contributed by atoms with van der Waals surface area (Å²) in [5, 5.41) is 4.22. The van der Waals surface area contributed by atoms with Gasteiger partial charge in [0, 0.05) is 22.0 Å². The second-order valence-corrected chi connectivity index (χ2v) is 5.46. The highest BCUT2D eigenvalue weighted by Crippen LogP contribution is 2.32. The number of halogens is 1. The number of rotatable bonds is 3. The fourth-order valence-corrected chi connectivity index (χ4v) is 2.71. The summed E-state index contributed by atoms with van der Waals surface area (Å²) < 4.78 is 1.03. The molecule has 1 fully saturated rings. The van der Waals surface area contributed by atoms with Crippen molar-refractivity contribution in [1.29, 1.82) is 0 Å². The van der Waals surface area contributed by atoms with Crippen molar-refractivity contribution in [2.24, 2.45) is 0 Å². The van der Waals surface area contributed by atoms with Crippen LogP contribution in [0.3, 0.4) is 0 Å². The Hall–Kier alpha value is -0.220. The van der Waals surface area contributed by atoms with Gasteiger partial charge in [-0.25, -0.2) is 4.98 Å². The first kappa shape index (κ1) is 10.3. The van der Waals surface area contributed by atoms with E-state index in [9.17, 15) is 0 Å². The molecule has 76 valence electrons. The molecule has 1 aliphatic rings. The first-order valence-electron chi connectivity index (χ1n) is 4.70. The van der Waals surface area contributed by atoms with Gasteiger partial charge >= 0.3 is 0 Å². The van der Waals surface area contributed by atoms with E-state index in [0.29, 0.717) is 6.04 Å². The third-order valence-corrected chi connectivity index (χ3v) is 4.21.